The number of aromatic amines is 1. The van der Waals surface area contributed by atoms with E-state index in [0.29, 0.717) is 6.54 Å². The van der Waals surface area contributed by atoms with Crippen LogP contribution >= 0.6 is 0 Å². The Morgan fingerprint density at radius 2 is 1.82 bits per heavy atom. The Labute approximate surface area is 161 Å². The summed E-state index contributed by atoms with van der Waals surface area (Å²) in [4.78, 5) is 16.7. The second-order valence-electron chi connectivity index (χ2n) is 6.94. The minimum Gasteiger partial charge on any atom is -0.301 e. The molecule has 28 heavy (non-hydrogen) atoms. The van der Waals surface area contributed by atoms with Crippen molar-refractivity contribution in [3.05, 3.63) is 94.5 Å². The molecule has 3 aromatic carbocycles. The van der Waals surface area contributed by atoms with Crippen LogP contribution in [0.1, 0.15) is 11.3 Å². The van der Waals surface area contributed by atoms with Crippen LogP contribution in [0.5, 0.6) is 0 Å². The van der Waals surface area contributed by atoms with Crippen molar-refractivity contribution in [2.75, 3.05) is 0 Å². The molecular weight excluding hydrogens is 348 g/mol. The number of rotatable bonds is 3. The molecule has 0 radical (unpaired) electrons. The number of nitrogens with one attached hydrogen (secondary N) is 1. The van der Waals surface area contributed by atoms with Gasteiger partial charge in [0.1, 0.15) is 0 Å². The van der Waals surface area contributed by atoms with Crippen molar-refractivity contribution in [3.8, 4) is 11.1 Å². The molecule has 0 atom stereocenters. The van der Waals surface area contributed by atoms with E-state index >= 15 is 0 Å². The van der Waals surface area contributed by atoms with Crippen molar-refractivity contribution in [1.82, 2.24) is 19.7 Å². The Hall–Kier alpha value is -3.73. The quantitative estimate of drug-likeness (QED) is 0.518. The zero-order valence-corrected chi connectivity index (χ0v) is 15.4. The highest BCUT2D eigenvalue weighted by Crippen LogP contribution is 2.26. The molecule has 0 saturated carbocycles. The largest absolute Gasteiger partial charge is 0.301 e. The van der Waals surface area contributed by atoms with E-state index in [1.807, 2.05) is 43.3 Å². The van der Waals surface area contributed by atoms with Gasteiger partial charge in [-0.05, 0) is 47.9 Å². The molecule has 0 unspecified atom stereocenters. The molecule has 5 aromatic rings. The molecule has 0 aliphatic carbocycles. The van der Waals surface area contributed by atoms with Crippen molar-refractivity contribution in [2.24, 2.45) is 0 Å². The van der Waals surface area contributed by atoms with Crippen LogP contribution in [-0.4, -0.2) is 19.7 Å². The lowest BCUT2D eigenvalue weighted by molar-refractivity contribution is 0.787. The fourth-order valence-corrected chi connectivity index (χ4v) is 3.65. The maximum Gasteiger partial charge on any atom is 0.269 e. The van der Waals surface area contributed by atoms with Crippen molar-refractivity contribution in [1.29, 1.82) is 0 Å². The lowest BCUT2D eigenvalue weighted by Crippen LogP contribution is -2.21. The third-order valence-electron chi connectivity index (χ3n) is 5.11. The molecule has 0 fully saturated rings. The average Bonchev–Trinajstić information content (AvgIpc) is 3.11. The number of aromatic nitrogens is 4. The second kappa shape index (κ2) is 6.46. The monoisotopic (exact) mass is 366 g/mol. The van der Waals surface area contributed by atoms with Gasteiger partial charge in [-0.2, -0.15) is 5.10 Å². The van der Waals surface area contributed by atoms with E-state index in [9.17, 15) is 4.79 Å². The van der Waals surface area contributed by atoms with Crippen LogP contribution in [0.3, 0.4) is 0 Å². The predicted molar refractivity (Wildman–Crippen MR) is 111 cm³/mol. The van der Waals surface area contributed by atoms with Gasteiger partial charge in [-0.1, -0.05) is 42.5 Å². The molecule has 5 heteroatoms. The summed E-state index contributed by atoms with van der Waals surface area (Å²) in [5.74, 6) is 0. The molecule has 0 saturated heterocycles. The normalized spacial score (nSPS) is 11.3. The third-order valence-corrected chi connectivity index (χ3v) is 5.11. The Kier molecular flexibility index (Phi) is 3.79. The maximum absolute atomic E-state index is 12.4. The molecule has 0 amide bonds. The predicted octanol–water partition coefficient (Wildman–Crippen LogP) is 4.30. The van der Waals surface area contributed by atoms with Crippen LogP contribution in [-0.2, 0) is 6.54 Å². The smallest absolute Gasteiger partial charge is 0.269 e. The summed E-state index contributed by atoms with van der Waals surface area (Å²) in [5.41, 5.74) is 6.88. The molecule has 0 aliphatic rings. The van der Waals surface area contributed by atoms with E-state index in [0.717, 1.165) is 44.3 Å². The lowest BCUT2D eigenvalue weighted by Gasteiger charge is -2.11. The maximum atomic E-state index is 12.4. The minimum atomic E-state index is -0.0987. The molecule has 2 heterocycles. The van der Waals surface area contributed by atoms with Gasteiger partial charge in [-0.25, -0.2) is 4.98 Å². The first-order chi connectivity index (χ1) is 13.7. The van der Waals surface area contributed by atoms with Crippen molar-refractivity contribution < 1.29 is 0 Å². The Morgan fingerprint density at radius 3 is 2.75 bits per heavy atom. The van der Waals surface area contributed by atoms with E-state index in [4.69, 9.17) is 0 Å². The van der Waals surface area contributed by atoms with Crippen molar-refractivity contribution in [3.63, 3.8) is 0 Å². The molecule has 5 rings (SSSR count). The van der Waals surface area contributed by atoms with Crippen molar-refractivity contribution >= 4 is 21.9 Å². The number of aryl methyl sites for hydroxylation is 1. The highest BCUT2D eigenvalue weighted by Gasteiger charge is 2.07. The van der Waals surface area contributed by atoms with Crippen LogP contribution in [0.25, 0.3) is 33.1 Å². The first-order valence-electron chi connectivity index (χ1n) is 9.18. The molecule has 136 valence electrons. The van der Waals surface area contributed by atoms with Gasteiger partial charge in [0.05, 0.1) is 35.0 Å². The first kappa shape index (κ1) is 16.4. The summed E-state index contributed by atoms with van der Waals surface area (Å²) in [6.07, 6.45) is 1.39. The second-order valence-corrected chi connectivity index (χ2v) is 6.94. The highest BCUT2D eigenvalue weighted by atomic mass is 16.1. The van der Waals surface area contributed by atoms with E-state index < -0.39 is 0 Å². The van der Waals surface area contributed by atoms with Gasteiger partial charge in [-0.3, -0.25) is 9.89 Å². The van der Waals surface area contributed by atoms with Gasteiger partial charge >= 0.3 is 0 Å². The van der Waals surface area contributed by atoms with Crippen LogP contribution in [0.15, 0.2) is 77.7 Å². The number of para-hydroxylation sites is 2. The van der Waals surface area contributed by atoms with E-state index in [-0.39, 0.29) is 5.56 Å². The number of nitrogens with zero attached hydrogens (tertiary/aromatic N) is 3. The first-order valence-corrected chi connectivity index (χ1v) is 9.18. The van der Waals surface area contributed by atoms with Crippen LogP contribution in [0, 0.1) is 6.92 Å². The zero-order valence-electron chi connectivity index (χ0n) is 15.4. The molecular formula is C23H18N4O. The van der Waals surface area contributed by atoms with Gasteiger partial charge in [-0.15, -0.1) is 0 Å². The van der Waals surface area contributed by atoms with Gasteiger partial charge < -0.3 is 4.57 Å². The number of H-pyrrole nitrogens is 1. The molecule has 1 N–H and O–H groups in total. The fraction of sp³-hybridized carbons (Fsp3) is 0.0870. The standard InChI is InChI=1S/C23H18N4O/c1-15-19-10-9-18(12-21(19)26-25-15)17-6-4-5-16(11-17)14-27-22-8-3-2-7-20(22)24-13-23(27)28/h2-13H,14H2,1H3,(H,25,26). The number of benzene rings is 3. The Morgan fingerprint density at radius 1 is 0.964 bits per heavy atom. The van der Waals surface area contributed by atoms with Crippen LogP contribution in [0.2, 0.25) is 0 Å². The zero-order chi connectivity index (χ0) is 19.1. The summed E-state index contributed by atoms with van der Waals surface area (Å²) in [7, 11) is 0. The van der Waals surface area contributed by atoms with Gasteiger partial charge in [0, 0.05) is 5.39 Å². The summed E-state index contributed by atoms with van der Waals surface area (Å²) >= 11 is 0. The average molecular weight is 366 g/mol. The van der Waals surface area contributed by atoms with E-state index in [1.54, 1.807) is 4.57 Å². The molecule has 0 bridgehead atoms. The van der Waals surface area contributed by atoms with Crippen LogP contribution in [0.4, 0.5) is 0 Å². The SMILES string of the molecule is Cc1n[nH]c2cc(-c3cccc(Cn4c(=O)cnc5ccccc54)c3)ccc12. The highest BCUT2D eigenvalue weighted by molar-refractivity contribution is 5.86. The van der Waals surface area contributed by atoms with Gasteiger partial charge in [0.2, 0.25) is 0 Å². The topological polar surface area (TPSA) is 63.6 Å². The third kappa shape index (κ3) is 2.77. The molecule has 0 aliphatic heterocycles. The number of hydrogen-bond acceptors (Lipinski definition) is 3. The van der Waals surface area contributed by atoms with Crippen LogP contribution < -0.4 is 5.56 Å². The van der Waals surface area contributed by atoms with Gasteiger partial charge in [0.15, 0.2) is 0 Å². The molecule has 5 nitrogen and oxygen atoms in total. The van der Waals surface area contributed by atoms with Gasteiger partial charge in [0.25, 0.3) is 5.56 Å². The summed E-state index contributed by atoms with van der Waals surface area (Å²) in [6.45, 7) is 2.50. The molecule has 2 aromatic heterocycles. The van der Waals surface area contributed by atoms with E-state index in [2.05, 4.69) is 45.5 Å². The summed E-state index contributed by atoms with van der Waals surface area (Å²) < 4.78 is 1.77. The Bertz CT molecular complexity index is 1380. The summed E-state index contributed by atoms with van der Waals surface area (Å²) in [5, 5.41) is 8.49. The van der Waals surface area contributed by atoms with E-state index in [1.165, 1.54) is 6.20 Å². The van der Waals surface area contributed by atoms with Crippen molar-refractivity contribution in [2.45, 2.75) is 13.5 Å². The molecule has 0 spiro atoms. The minimum absolute atomic E-state index is 0.0987. The summed E-state index contributed by atoms with van der Waals surface area (Å²) in [6, 6.07) is 22.3. The lowest BCUT2D eigenvalue weighted by atomic mass is 10.0. The number of hydrogen-bond donors (Lipinski definition) is 1. The Balaban J connectivity index is 1.56. The number of fused-ring (bicyclic) bond motifs is 2. The fourth-order valence-electron chi connectivity index (χ4n) is 3.65.